The van der Waals surface area contributed by atoms with Crippen molar-refractivity contribution in [2.45, 2.75) is 57.3 Å². The summed E-state index contributed by atoms with van der Waals surface area (Å²) in [6, 6.07) is 0. The molecule has 0 bridgehead atoms. The van der Waals surface area contributed by atoms with Crippen LogP contribution in [0.5, 0.6) is 0 Å². The van der Waals surface area contributed by atoms with Crippen molar-refractivity contribution in [3.05, 3.63) is 23.8 Å². The zero-order valence-electron chi connectivity index (χ0n) is 16.7. The average molecular weight is 406 g/mol. The lowest BCUT2D eigenvalue weighted by molar-refractivity contribution is -0.153. The number of hydrogen-bond acceptors (Lipinski definition) is 8. The van der Waals surface area contributed by atoms with E-state index in [-0.39, 0.29) is 29.9 Å². The normalized spacial score (nSPS) is 50.7. The molecule has 4 aliphatic rings. The van der Waals surface area contributed by atoms with Gasteiger partial charge in [-0.25, -0.2) is 0 Å². The van der Waals surface area contributed by atoms with Gasteiger partial charge >= 0.3 is 0 Å². The quantitative estimate of drug-likeness (QED) is 0.230. The van der Waals surface area contributed by atoms with Gasteiger partial charge in [-0.3, -0.25) is 0 Å². The van der Waals surface area contributed by atoms with E-state index in [0.29, 0.717) is 12.1 Å². The van der Waals surface area contributed by atoms with Crippen LogP contribution in [0.2, 0.25) is 0 Å². The molecule has 0 aliphatic heterocycles. The SMILES string of the molecule is C[C@]12C=C/C(=N\O)C=C1CC[C@@H]1[C@@H]2C(O)C[C@@]2(C)[C@H]1C[C@@H](O)[C@]2(O)/C(CO)=N/O. The summed E-state index contributed by atoms with van der Waals surface area (Å²) in [4.78, 5) is 0. The Balaban J connectivity index is 1.77. The van der Waals surface area contributed by atoms with Gasteiger partial charge in [0.2, 0.25) is 0 Å². The number of fused-ring (bicyclic) bond motifs is 5. The van der Waals surface area contributed by atoms with Crippen LogP contribution in [0.1, 0.15) is 39.5 Å². The molecule has 29 heavy (non-hydrogen) atoms. The third-order valence-electron chi connectivity index (χ3n) is 8.55. The molecule has 8 atom stereocenters. The molecule has 0 aromatic carbocycles. The van der Waals surface area contributed by atoms with Gasteiger partial charge < -0.3 is 30.8 Å². The highest BCUT2D eigenvalue weighted by Crippen LogP contribution is 2.67. The number of aliphatic hydroxyl groups excluding tert-OH is 3. The van der Waals surface area contributed by atoms with Gasteiger partial charge in [-0.2, -0.15) is 0 Å². The second-order valence-corrected chi connectivity index (χ2v) is 9.56. The van der Waals surface area contributed by atoms with E-state index in [0.717, 1.165) is 18.4 Å². The van der Waals surface area contributed by atoms with E-state index in [1.807, 2.05) is 19.1 Å². The fourth-order valence-corrected chi connectivity index (χ4v) is 7.16. The number of nitrogens with zero attached hydrogens (tertiary/aromatic N) is 2. The minimum atomic E-state index is -1.90. The molecule has 3 fully saturated rings. The lowest BCUT2D eigenvalue weighted by Gasteiger charge is -2.59. The first-order valence-electron chi connectivity index (χ1n) is 10.2. The lowest BCUT2D eigenvalue weighted by Crippen LogP contribution is -2.63. The summed E-state index contributed by atoms with van der Waals surface area (Å²) in [6.07, 6.45) is 5.72. The van der Waals surface area contributed by atoms with Gasteiger partial charge in [0.05, 0.1) is 18.8 Å². The van der Waals surface area contributed by atoms with Crippen LogP contribution in [0, 0.1) is 28.6 Å². The Kier molecular flexibility index (Phi) is 4.70. The molecule has 8 nitrogen and oxygen atoms in total. The van der Waals surface area contributed by atoms with Crippen LogP contribution >= 0.6 is 0 Å². The summed E-state index contributed by atoms with van der Waals surface area (Å²) in [5.74, 6) is -0.195. The van der Waals surface area contributed by atoms with E-state index in [1.165, 1.54) is 0 Å². The van der Waals surface area contributed by atoms with E-state index in [9.17, 15) is 25.6 Å². The van der Waals surface area contributed by atoms with Crippen molar-refractivity contribution < 1.29 is 30.8 Å². The molecule has 3 saturated carbocycles. The van der Waals surface area contributed by atoms with E-state index >= 15 is 0 Å². The Hall–Kier alpha value is -1.74. The summed E-state index contributed by atoms with van der Waals surface area (Å²) in [6.45, 7) is 3.22. The number of oxime groups is 2. The van der Waals surface area contributed by atoms with Crippen molar-refractivity contribution >= 4 is 11.4 Å². The topological polar surface area (TPSA) is 146 Å². The molecule has 6 N–H and O–H groups in total. The van der Waals surface area contributed by atoms with Crippen LogP contribution in [0.3, 0.4) is 0 Å². The largest absolute Gasteiger partial charge is 0.411 e. The third-order valence-corrected chi connectivity index (χ3v) is 8.55. The van der Waals surface area contributed by atoms with Crippen LogP contribution in [0.25, 0.3) is 0 Å². The molecule has 0 spiro atoms. The highest BCUT2D eigenvalue weighted by molar-refractivity contribution is 6.05. The van der Waals surface area contributed by atoms with Crippen LogP contribution < -0.4 is 0 Å². The minimum absolute atomic E-state index is 0.0328. The molecule has 0 heterocycles. The van der Waals surface area contributed by atoms with Crippen LogP contribution in [0.4, 0.5) is 0 Å². The van der Waals surface area contributed by atoms with E-state index in [4.69, 9.17) is 5.21 Å². The van der Waals surface area contributed by atoms with Crippen LogP contribution in [0.15, 0.2) is 34.1 Å². The Labute approximate surface area is 169 Å². The average Bonchev–Trinajstić information content (AvgIpc) is 2.89. The van der Waals surface area contributed by atoms with Crippen molar-refractivity contribution in [1.82, 2.24) is 0 Å². The molecule has 8 heteroatoms. The summed E-state index contributed by atoms with van der Waals surface area (Å²) >= 11 is 0. The van der Waals surface area contributed by atoms with E-state index < -0.39 is 35.2 Å². The van der Waals surface area contributed by atoms with Gasteiger partial charge in [-0.05, 0) is 49.7 Å². The summed E-state index contributed by atoms with van der Waals surface area (Å²) in [7, 11) is 0. The van der Waals surface area contributed by atoms with Crippen molar-refractivity contribution in [3.63, 3.8) is 0 Å². The van der Waals surface area contributed by atoms with Gasteiger partial charge in [0, 0.05) is 16.7 Å². The van der Waals surface area contributed by atoms with Crippen molar-refractivity contribution in [1.29, 1.82) is 0 Å². The maximum Gasteiger partial charge on any atom is 0.140 e. The first kappa shape index (κ1) is 20.5. The monoisotopic (exact) mass is 406 g/mol. The molecule has 0 saturated heterocycles. The van der Waals surface area contributed by atoms with Crippen LogP contribution in [-0.2, 0) is 0 Å². The Morgan fingerprint density at radius 1 is 1.24 bits per heavy atom. The summed E-state index contributed by atoms with van der Waals surface area (Å²) in [5.41, 5.74) is -1.91. The number of allylic oxidation sites excluding steroid dienone is 4. The molecule has 0 amide bonds. The first-order chi connectivity index (χ1) is 13.7. The van der Waals surface area contributed by atoms with Gasteiger partial charge in [0.15, 0.2) is 0 Å². The Bertz CT molecular complexity index is 822. The fraction of sp³-hybridized carbons (Fsp3) is 0.714. The summed E-state index contributed by atoms with van der Waals surface area (Å²) < 4.78 is 0. The molecule has 4 rings (SSSR count). The summed E-state index contributed by atoms with van der Waals surface area (Å²) in [5, 5.41) is 68.1. The fourth-order valence-electron chi connectivity index (χ4n) is 7.16. The molecule has 0 aromatic heterocycles. The number of aliphatic hydroxyl groups is 4. The smallest absolute Gasteiger partial charge is 0.140 e. The van der Waals surface area contributed by atoms with Crippen LogP contribution in [-0.4, -0.2) is 66.7 Å². The van der Waals surface area contributed by atoms with Gasteiger partial charge in [-0.1, -0.05) is 35.8 Å². The molecule has 1 unspecified atom stereocenters. The second kappa shape index (κ2) is 6.63. The predicted octanol–water partition coefficient (Wildman–Crippen LogP) is 1.05. The Morgan fingerprint density at radius 2 is 1.97 bits per heavy atom. The molecule has 160 valence electrons. The highest BCUT2D eigenvalue weighted by Gasteiger charge is 2.70. The maximum atomic E-state index is 11.5. The van der Waals surface area contributed by atoms with E-state index in [2.05, 4.69) is 17.2 Å². The van der Waals surface area contributed by atoms with Gasteiger partial charge in [0.25, 0.3) is 0 Å². The third kappa shape index (κ3) is 2.46. The molecule has 0 radical (unpaired) electrons. The number of hydrogen-bond donors (Lipinski definition) is 6. The zero-order valence-corrected chi connectivity index (χ0v) is 16.7. The highest BCUT2D eigenvalue weighted by atomic mass is 16.4. The van der Waals surface area contributed by atoms with E-state index in [1.54, 1.807) is 6.08 Å². The number of rotatable bonds is 2. The standard InChI is InChI=1S/C21H30N2O6/c1-19-6-5-12(22-28)7-11(19)3-4-13-14-8-17(26)21(27,16(10-24)23-29)20(14,2)9-15(25)18(13)19/h5-7,13-15,17-18,24-29H,3-4,8-10H2,1-2H3/b22-12+,23-16+/t13-,14-,15?,17+,18+,19-,20-,21+/m0/s1. The molecular formula is C21H30N2O6. The molecular weight excluding hydrogens is 376 g/mol. The minimum Gasteiger partial charge on any atom is -0.411 e. The van der Waals surface area contributed by atoms with Crippen molar-refractivity contribution in [2.24, 2.45) is 38.9 Å². The van der Waals surface area contributed by atoms with Gasteiger partial charge in [0.1, 0.15) is 17.0 Å². The molecule has 4 aliphatic carbocycles. The maximum absolute atomic E-state index is 11.5. The first-order valence-corrected chi connectivity index (χ1v) is 10.2. The lowest BCUT2D eigenvalue weighted by atomic mass is 9.46. The van der Waals surface area contributed by atoms with Crippen molar-refractivity contribution in [2.75, 3.05) is 6.61 Å². The zero-order chi connectivity index (χ0) is 21.2. The van der Waals surface area contributed by atoms with Crippen molar-refractivity contribution in [3.8, 4) is 0 Å². The predicted molar refractivity (Wildman–Crippen MR) is 105 cm³/mol. The second-order valence-electron chi connectivity index (χ2n) is 9.56. The van der Waals surface area contributed by atoms with Gasteiger partial charge in [-0.15, -0.1) is 0 Å². The Morgan fingerprint density at radius 3 is 2.59 bits per heavy atom. The molecule has 0 aromatic rings.